The Morgan fingerprint density at radius 1 is 0.522 bits per heavy atom. The normalized spacial score (nSPS) is 10.6. The van der Waals surface area contributed by atoms with Crippen molar-refractivity contribution in [2.75, 3.05) is 26.2 Å². The largest absolute Gasteiger partial charge is 0.370 e. The second kappa shape index (κ2) is 18.7. The third kappa shape index (κ3) is 14.1. The van der Waals surface area contributed by atoms with E-state index in [1.807, 2.05) is 12.1 Å². The second-order valence-electron chi connectivity index (χ2n) is 11.0. The van der Waals surface area contributed by atoms with Crippen LogP contribution in [0.3, 0.4) is 0 Å². The quantitative estimate of drug-likeness (QED) is 0.0436. The molecule has 0 bridgehead atoms. The maximum atomic E-state index is 5.65. The average Bonchev–Trinajstić information content (AvgIpc) is 2.98. The molecule has 0 fully saturated rings. The molecule has 0 saturated carbocycles. The lowest BCUT2D eigenvalue weighted by molar-refractivity contribution is 0.548. The minimum atomic E-state index is -0.544. The summed E-state index contributed by atoms with van der Waals surface area (Å²) < 4.78 is 0. The molecule has 0 aliphatic carbocycles. The third-order valence-electron chi connectivity index (χ3n) is 7.02. The molecular weight excluding hydrogens is 576 g/mol. The first-order chi connectivity index (χ1) is 22.0. The summed E-state index contributed by atoms with van der Waals surface area (Å²) >= 11 is 0. The number of benzene rings is 3. The number of nitrogens with zero attached hydrogens (tertiary/aromatic N) is 3. The topological polar surface area (TPSA) is 257 Å². The first-order valence-corrected chi connectivity index (χ1v) is 15.3. The van der Waals surface area contributed by atoms with Crippen LogP contribution >= 0.6 is 0 Å². The van der Waals surface area contributed by atoms with Gasteiger partial charge in [-0.2, -0.15) is 0 Å². The van der Waals surface area contributed by atoms with Crippen LogP contribution < -0.4 is 51.2 Å². The van der Waals surface area contributed by atoms with Crippen molar-refractivity contribution in [3.8, 4) is 11.8 Å². The van der Waals surface area contributed by atoms with E-state index >= 15 is 0 Å². The van der Waals surface area contributed by atoms with Crippen molar-refractivity contribution in [2.24, 2.45) is 60.8 Å². The van der Waals surface area contributed by atoms with E-state index in [2.05, 4.69) is 80.7 Å². The summed E-state index contributed by atoms with van der Waals surface area (Å²) in [5, 5.41) is 3.07. The van der Waals surface area contributed by atoms with Crippen LogP contribution in [0, 0.1) is 11.8 Å². The van der Waals surface area contributed by atoms with Gasteiger partial charge in [-0.15, -0.1) is 0 Å². The molecule has 0 atom stereocenters. The summed E-state index contributed by atoms with van der Waals surface area (Å²) in [6.07, 6.45) is 4.13. The number of nitrogens with one attached hydrogen (secondary N) is 1. The summed E-state index contributed by atoms with van der Waals surface area (Å²) in [4.78, 5) is 12.4. The highest BCUT2D eigenvalue weighted by Crippen LogP contribution is 2.16. The Bertz CT molecular complexity index is 1530. The molecule has 12 nitrogen and oxygen atoms in total. The summed E-state index contributed by atoms with van der Waals surface area (Å²) in [5.74, 6) is 6.92. The number of aryl methyl sites for hydroxylation is 2. The molecule has 0 spiro atoms. The van der Waals surface area contributed by atoms with Crippen LogP contribution in [0.5, 0.6) is 0 Å². The third-order valence-corrected chi connectivity index (χ3v) is 7.02. The number of guanidine groups is 3. The van der Waals surface area contributed by atoms with Crippen LogP contribution in [0.2, 0.25) is 0 Å². The van der Waals surface area contributed by atoms with E-state index in [4.69, 9.17) is 45.9 Å². The molecule has 0 aliphatic rings. The van der Waals surface area contributed by atoms with Crippen molar-refractivity contribution in [2.45, 2.75) is 44.8 Å². The number of nitrogens with two attached hydrogens (primary N) is 8. The van der Waals surface area contributed by atoms with Gasteiger partial charge >= 0.3 is 0 Å². The fourth-order valence-corrected chi connectivity index (χ4v) is 4.96. The second-order valence-corrected chi connectivity index (χ2v) is 11.0. The minimum absolute atomic E-state index is 0.0739. The Hall–Kier alpha value is -5.09. The van der Waals surface area contributed by atoms with E-state index in [0.717, 1.165) is 47.9 Å². The Morgan fingerprint density at radius 2 is 0.935 bits per heavy atom. The lowest BCUT2D eigenvalue weighted by atomic mass is 9.97. The fourth-order valence-electron chi connectivity index (χ4n) is 4.96. The van der Waals surface area contributed by atoms with Gasteiger partial charge in [0.25, 0.3) is 0 Å². The predicted molar refractivity (Wildman–Crippen MR) is 190 cm³/mol. The van der Waals surface area contributed by atoms with Crippen LogP contribution in [0.15, 0.2) is 75.6 Å². The summed E-state index contributed by atoms with van der Waals surface area (Å²) in [6, 6.07) is 21.2. The van der Waals surface area contributed by atoms with E-state index < -0.39 is 6.29 Å². The molecule has 0 amide bonds. The number of aliphatic imine (C=N–C) groups is 3. The summed E-state index contributed by atoms with van der Waals surface area (Å²) in [7, 11) is 0. The van der Waals surface area contributed by atoms with Gasteiger partial charge in [-0.05, 0) is 96.2 Å². The van der Waals surface area contributed by atoms with Gasteiger partial charge in [-0.1, -0.05) is 48.2 Å². The van der Waals surface area contributed by atoms with Gasteiger partial charge in [0.1, 0.15) is 6.29 Å². The molecule has 0 radical (unpaired) electrons. The van der Waals surface area contributed by atoms with Crippen molar-refractivity contribution >= 4 is 17.9 Å². The van der Waals surface area contributed by atoms with Gasteiger partial charge in [0.2, 0.25) is 0 Å². The van der Waals surface area contributed by atoms with Gasteiger partial charge < -0.3 is 45.9 Å². The molecule has 0 saturated heterocycles. The van der Waals surface area contributed by atoms with Gasteiger partial charge in [-0.25, -0.2) is 0 Å². The maximum absolute atomic E-state index is 5.65. The summed E-state index contributed by atoms with van der Waals surface area (Å²) in [5.41, 5.74) is 53.2. The smallest absolute Gasteiger partial charge is 0.185 e. The zero-order valence-electron chi connectivity index (χ0n) is 26.4. The highest BCUT2D eigenvalue weighted by Gasteiger charge is 2.05. The lowest BCUT2D eigenvalue weighted by Gasteiger charge is -2.12. The molecule has 3 aromatic carbocycles. The van der Waals surface area contributed by atoms with Crippen molar-refractivity contribution in [3.05, 3.63) is 105 Å². The predicted octanol–water partition coefficient (Wildman–Crippen LogP) is -0.348. The Morgan fingerprint density at radius 3 is 1.43 bits per heavy atom. The van der Waals surface area contributed by atoms with Crippen molar-refractivity contribution < 1.29 is 0 Å². The first kappa shape index (κ1) is 35.4. The monoisotopic (exact) mass is 624 g/mol. The number of hydrogen-bond donors (Lipinski definition) is 9. The lowest BCUT2D eigenvalue weighted by Crippen LogP contribution is -2.45. The molecule has 3 rings (SSSR count). The van der Waals surface area contributed by atoms with Crippen molar-refractivity contribution in [3.63, 3.8) is 0 Å². The molecule has 0 heterocycles. The standard InChI is InChI=1S/C34H48N12/c35-31(36)43-12-8-27-17-25(18-28(21-27)9-13-44-32(37)38)6-4-23-2-1-3-24(16-23)5-7-26-19-29(10-14-45-33(39)40)22-30(20-26)11-15-46-34(41)42/h1-3,16-22,31,43H,4,6,8-15,35-36H2,(H4,37,38,44)(H4,39,40,45)(H4,41,42,46). The first-order valence-electron chi connectivity index (χ1n) is 15.3. The highest BCUT2D eigenvalue weighted by molar-refractivity contribution is 5.76. The van der Waals surface area contributed by atoms with Crippen LogP contribution in [-0.2, 0) is 38.5 Å². The van der Waals surface area contributed by atoms with E-state index in [1.165, 1.54) is 22.3 Å². The molecule has 17 N–H and O–H groups in total. The Labute approximate surface area is 271 Å². The van der Waals surface area contributed by atoms with E-state index in [-0.39, 0.29) is 17.9 Å². The Balaban J connectivity index is 1.76. The SMILES string of the molecule is NC(N)=NCCc1cc(C#Cc2cccc(CCc3cc(CCN=C(N)N)cc(CCNC(N)N)c3)c2)cc(CCN=C(N)N)c1. The molecular formula is C34H48N12. The summed E-state index contributed by atoms with van der Waals surface area (Å²) in [6.45, 7) is 2.21. The van der Waals surface area contributed by atoms with Crippen LogP contribution in [0.1, 0.15) is 44.5 Å². The number of rotatable bonds is 16. The highest BCUT2D eigenvalue weighted by atomic mass is 15.1. The molecule has 0 unspecified atom stereocenters. The maximum Gasteiger partial charge on any atom is 0.185 e. The molecule has 244 valence electrons. The van der Waals surface area contributed by atoms with E-state index in [1.54, 1.807) is 0 Å². The zero-order chi connectivity index (χ0) is 33.3. The van der Waals surface area contributed by atoms with Gasteiger partial charge in [-0.3, -0.25) is 20.3 Å². The van der Waals surface area contributed by atoms with Crippen LogP contribution in [0.25, 0.3) is 0 Å². The van der Waals surface area contributed by atoms with Crippen LogP contribution in [-0.4, -0.2) is 50.3 Å². The molecule has 0 aromatic heterocycles. The molecule has 0 aliphatic heterocycles. The van der Waals surface area contributed by atoms with Crippen molar-refractivity contribution in [1.82, 2.24) is 5.32 Å². The minimum Gasteiger partial charge on any atom is -0.370 e. The zero-order valence-corrected chi connectivity index (χ0v) is 26.4. The molecule has 46 heavy (non-hydrogen) atoms. The molecule has 12 heteroatoms. The van der Waals surface area contributed by atoms with E-state index in [9.17, 15) is 0 Å². The molecule has 3 aromatic rings. The van der Waals surface area contributed by atoms with Gasteiger partial charge in [0.05, 0.1) is 0 Å². The van der Waals surface area contributed by atoms with Crippen LogP contribution in [0.4, 0.5) is 0 Å². The van der Waals surface area contributed by atoms with Gasteiger partial charge in [0, 0.05) is 37.3 Å². The van der Waals surface area contributed by atoms with E-state index in [0.29, 0.717) is 39.0 Å². The van der Waals surface area contributed by atoms with Gasteiger partial charge in [0.15, 0.2) is 17.9 Å². The van der Waals surface area contributed by atoms with Crippen molar-refractivity contribution in [1.29, 1.82) is 0 Å². The average molecular weight is 625 g/mol. The Kier molecular flexibility index (Phi) is 14.4. The fraction of sp³-hybridized carbons (Fsp3) is 0.324. The number of hydrogen-bond acceptors (Lipinski definition) is 6.